The number of benzene rings is 1. The molecule has 36 heavy (non-hydrogen) atoms. The number of nitrogens with zero attached hydrogens (tertiary/aromatic N) is 2. The van der Waals surface area contributed by atoms with Gasteiger partial charge in [-0.3, -0.25) is 9.79 Å². The Hall–Kier alpha value is -2.63. The molecule has 2 aliphatic carbocycles. The van der Waals surface area contributed by atoms with E-state index in [4.69, 9.17) is 5.73 Å². The normalized spacial score (nSPS) is 21.4. The summed E-state index contributed by atoms with van der Waals surface area (Å²) >= 11 is 0. The molecule has 2 saturated carbocycles. The fraction of sp³-hybridized carbons (Fsp3) is 0.633. The van der Waals surface area contributed by atoms with E-state index in [1.807, 2.05) is 11.8 Å². The minimum Gasteiger partial charge on any atom is -0.477 e. The Balaban J connectivity index is 0.000000425. The molecule has 1 aromatic carbocycles. The number of aliphatic imine (C=N–C) groups is 1. The minimum atomic E-state index is -1.11. The molecule has 0 radical (unpaired) electrons. The highest BCUT2D eigenvalue weighted by atomic mass is 16.4. The molecule has 200 valence electrons. The van der Waals surface area contributed by atoms with Gasteiger partial charge in [-0.15, -0.1) is 0 Å². The third kappa shape index (κ3) is 7.44. The van der Waals surface area contributed by atoms with Gasteiger partial charge in [-0.25, -0.2) is 4.79 Å². The van der Waals surface area contributed by atoms with Gasteiger partial charge in [0.25, 0.3) is 0 Å². The van der Waals surface area contributed by atoms with E-state index < -0.39 is 5.97 Å². The van der Waals surface area contributed by atoms with Gasteiger partial charge in [0.1, 0.15) is 12.2 Å². The van der Waals surface area contributed by atoms with Crippen molar-refractivity contribution in [3.8, 4) is 0 Å². The van der Waals surface area contributed by atoms with Crippen molar-refractivity contribution in [2.75, 3.05) is 13.1 Å². The van der Waals surface area contributed by atoms with Crippen LogP contribution in [0.1, 0.15) is 89.3 Å². The number of rotatable bonds is 9. The predicted molar refractivity (Wildman–Crippen MR) is 148 cm³/mol. The number of hydrogen-bond donors (Lipinski definition) is 2. The fourth-order valence-corrected chi connectivity index (χ4v) is 4.90. The van der Waals surface area contributed by atoms with E-state index in [0.29, 0.717) is 23.6 Å². The van der Waals surface area contributed by atoms with Gasteiger partial charge in [0.05, 0.1) is 0 Å². The van der Waals surface area contributed by atoms with Gasteiger partial charge in [-0.05, 0) is 87.8 Å². The van der Waals surface area contributed by atoms with Gasteiger partial charge >= 0.3 is 5.97 Å². The molecule has 0 saturated heterocycles. The van der Waals surface area contributed by atoms with Crippen LogP contribution in [0.3, 0.4) is 0 Å². The second-order valence-corrected chi connectivity index (χ2v) is 10.8. The van der Waals surface area contributed by atoms with E-state index in [-0.39, 0.29) is 29.6 Å². The van der Waals surface area contributed by atoms with Crippen molar-refractivity contribution in [3.63, 3.8) is 0 Å². The first-order valence-electron chi connectivity index (χ1n) is 13.6. The Morgan fingerprint density at radius 3 is 2.28 bits per heavy atom. The maximum absolute atomic E-state index is 13.0. The van der Waals surface area contributed by atoms with Crippen molar-refractivity contribution >= 4 is 17.6 Å². The zero-order valence-corrected chi connectivity index (χ0v) is 23.5. The highest BCUT2D eigenvalue weighted by Gasteiger charge is 2.48. The highest BCUT2D eigenvalue weighted by molar-refractivity contribution is 6.08. The molecule has 2 unspecified atom stereocenters. The standard InChI is InChI=1S/C21H35N3O3.C9H12/c1-5-14(3)9-12-24(21(6-2)10-11-21)17(25)13-23-16-8-7-15(4)18(16)19(22)20(26)27;1-7-5-4-6-8(2)9(7)3/h14-15H,5-13,22H2,1-4H3,(H,26,27);4-6H,1-3H3/b19-18-,23-16?;. The second kappa shape index (κ2) is 13.1. The van der Waals surface area contributed by atoms with Crippen molar-refractivity contribution in [3.05, 3.63) is 46.2 Å². The molecule has 1 amide bonds. The fourth-order valence-electron chi connectivity index (χ4n) is 4.90. The lowest BCUT2D eigenvalue weighted by Crippen LogP contribution is -2.44. The molecule has 2 fully saturated rings. The van der Waals surface area contributed by atoms with Gasteiger partial charge in [0.2, 0.25) is 5.91 Å². The van der Waals surface area contributed by atoms with Gasteiger partial charge < -0.3 is 15.7 Å². The number of nitrogens with two attached hydrogens (primary N) is 1. The number of hydrogen-bond acceptors (Lipinski definition) is 4. The van der Waals surface area contributed by atoms with E-state index in [2.05, 4.69) is 64.7 Å². The molecular formula is C30H47N3O3. The summed E-state index contributed by atoms with van der Waals surface area (Å²) < 4.78 is 0. The van der Waals surface area contributed by atoms with Crippen LogP contribution in [0.25, 0.3) is 0 Å². The van der Waals surface area contributed by atoms with E-state index in [1.165, 1.54) is 16.7 Å². The molecule has 0 aliphatic heterocycles. The quantitative estimate of drug-likeness (QED) is 0.411. The van der Waals surface area contributed by atoms with Gasteiger partial charge in [-0.1, -0.05) is 52.3 Å². The molecular weight excluding hydrogens is 450 g/mol. The summed E-state index contributed by atoms with van der Waals surface area (Å²) in [5.74, 6) is -0.393. The SMILES string of the molecule is CCC(C)CCN(C(=O)CN=C1CCC(C)/C1=C(/N)C(=O)O)C1(CC)CC1.Cc1cccc(C)c1C. The Kier molecular flexibility index (Phi) is 10.7. The van der Waals surface area contributed by atoms with Crippen LogP contribution in [0, 0.1) is 32.6 Å². The molecule has 1 aromatic rings. The molecule has 3 rings (SSSR count). The van der Waals surface area contributed by atoms with Gasteiger partial charge in [-0.2, -0.15) is 0 Å². The Morgan fingerprint density at radius 2 is 1.81 bits per heavy atom. The number of aliphatic carboxylic acids is 1. The largest absolute Gasteiger partial charge is 0.477 e. The maximum atomic E-state index is 13.0. The van der Waals surface area contributed by atoms with E-state index in [9.17, 15) is 14.7 Å². The average Bonchev–Trinajstić information content (AvgIpc) is 3.56. The summed E-state index contributed by atoms with van der Waals surface area (Å²) in [5, 5.41) is 9.22. The molecule has 0 bridgehead atoms. The number of carboxylic acids is 1. The first-order valence-corrected chi connectivity index (χ1v) is 13.6. The second-order valence-electron chi connectivity index (χ2n) is 10.8. The molecule has 6 heteroatoms. The zero-order chi connectivity index (χ0) is 27.0. The summed E-state index contributed by atoms with van der Waals surface area (Å²) in [4.78, 5) is 30.8. The first-order chi connectivity index (χ1) is 17.0. The molecule has 0 heterocycles. The Morgan fingerprint density at radius 1 is 1.19 bits per heavy atom. The summed E-state index contributed by atoms with van der Waals surface area (Å²) in [6.45, 7) is 15.8. The number of allylic oxidation sites excluding steroid dienone is 1. The highest BCUT2D eigenvalue weighted by Crippen LogP contribution is 2.45. The van der Waals surface area contributed by atoms with Crippen LogP contribution in [0.15, 0.2) is 34.5 Å². The van der Waals surface area contributed by atoms with Crippen LogP contribution in [-0.2, 0) is 9.59 Å². The van der Waals surface area contributed by atoms with Gasteiger partial charge in [0, 0.05) is 23.4 Å². The van der Waals surface area contributed by atoms with Crippen LogP contribution in [-0.4, -0.2) is 46.2 Å². The number of aryl methyl sites for hydroxylation is 2. The third-order valence-corrected chi connectivity index (χ3v) is 8.32. The summed E-state index contributed by atoms with van der Waals surface area (Å²) in [7, 11) is 0. The van der Waals surface area contributed by atoms with Crippen LogP contribution in [0.5, 0.6) is 0 Å². The van der Waals surface area contributed by atoms with E-state index in [1.54, 1.807) is 0 Å². The lowest BCUT2D eigenvalue weighted by molar-refractivity contribution is -0.133. The van der Waals surface area contributed by atoms with Crippen LogP contribution in [0.2, 0.25) is 0 Å². The van der Waals surface area contributed by atoms with Crippen molar-refractivity contribution in [1.29, 1.82) is 0 Å². The van der Waals surface area contributed by atoms with Crippen molar-refractivity contribution < 1.29 is 14.7 Å². The lowest BCUT2D eigenvalue weighted by Gasteiger charge is -2.32. The van der Waals surface area contributed by atoms with Crippen LogP contribution >= 0.6 is 0 Å². The molecule has 3 N–H and O–H groups in total. The molecule has 2 atom stereocenters. The molecule has 2 aliphatic rings. The molecule has 6 nitrogen and oxygen atoms in total. The average molecular weight is 498 g/mol. The smallest absolute Gasteiger partial charge is 0.352 e. The summed E-state index contributed by atoms with van der Waals surface area (Å²) in [6.07, 6.45) is 6.75. The number of carbonyl (C=O) groups excluding carboxylic acids is 1. The summed E-state index contributed by atoms with van der Waals surface area (Å²) in [5.41, 5.74) is 11.1. The monoisotopic (exact) mass is 497 g/mol. The maximum Gasteiger partial charge on any atom is 0.352 e. The Bertz CT molecular complexity index is 971. The van der Waals surface area contributed by atoms with E-state index >= 15 is 0 Å². The van der Waals surface area contributed by atoms with Crippen molar-refractivity contribution in [2.45, 2.75) is 99.0 Å². The first kappa shape index (κ1) is 29.6. The summed E-state index contributed by atoms with van der Waals surface area (Å²) in [6, 6.07) is 6.38. The number of carboxylic acid groups (broad SMARTS) is 1. The van der Waals surface area contributed by atoms with Crippen LogP contribution < -0.4 is 5.73 Å². The minimum absolute atomic E-state index is 0.0203. The number of amides is 1. The Labute approximate surface area is 218 Å². The van der Waals surface area contributed by atoms with E-state index in [0.717, 1.165) is 45.1 Å². The lowest BCUT2D eigenvalue weighted by atomic mass is 10.0. The predicted octanol–water partition coefficient (Wildman–Crippen LogP) is 5.97. The molecule has 0 aromatic heterocycles. The molecule has 0 spiro atoms. The topological polar surface area (TPSA) is 96.0 Å². The van der Waals surface area contributed by atoms with Crippen molar-refractivity contribution in [1.82, 2.24) is 4.90 Å². The van der Waals surface area contributed by atoms with Crippen molar-refractivity contribution in [2.24, 2.45) is 22.6 Å². The van der Waals surface area contributed by atoms with Gasteiger partial charge in [0.15, 0.2) is 0 Å². The number of carbonyl (C=O) groups is 2. The third-order valence-electron chi connectivity index (χ3n) is 8.32. The van der Waals surface area contributed by atoms with Crippen LogP contribution in [0.4, 0.5) is 0 Å². The zero-order valence-electron chi connectivity index (χ0n) is 23.5.